The molecule has 2 saturated heterocycles. The third-order valence-corrected chi connectivity index (χ3v) is 7.19. The Kier molecular flexibility index (Phi) is 8.27. The van der Waals surface area contributed by atoms with Gasteiger partial charge in [0.05, 0.1) is 26.0 Å². The van der Waals surface area contributed by atoms with E-state index in [1.807, 2.05) is 55.1 Å². The summed E-state index contributed by atoms with van der Waals surface area (Å²) in [5.74, 6) is 4.36. The van der Waals surface area contributed by atoms with Crippen molar-refractivity contribution in [3.8, 4) is 17.1 Å². The van der Waals surface area contributed by atoms with Crippen molar-refractivity contribution in [2.75, 3.05) is 77.9 Å². The van der Waals surface area contributed by atoms with Gasteiger partial charge in [-0.1, -0.05) is 0 Å². The summed E-state index contributed by atoms with van der Waals surface area (Å²) in [7, 11) is 0. The number of carbonyl (C=O) groups excluding carboxylic acids is 1. The molecule has 0 bridgehead atoms. The predicted molar refractivity (Wildman–Crippen MR) is 150 cm³/mol. The fraction of sp³-hybridized carbons (Fsp3) is 0.370. The maximum Gasteiger partial charge on any atom is 0.323 e. The molecule has 37 heavy (non-hydrogen) atoms. The first-order valence-corrected chi connectivity index (χ1v) is 13.8. The molecule has 0 unspecified atom stereocenters. The van der Waals surface area contributed by atoms with Crippen molar-refractivity contribution in [1.82, 2.24) is 9.97 Å². The van der Waals surface area contributed by atoms with Crippen LogP contribution in [-0.4, -0.2) is 73.5 Å². The van der Waals surface area contributed by atoms with E-state index in [4.69, 9.17) is 14.5 Å². The maximum atomic E-state index is 12.6. The van der Waals surface area contributed by atoms with Gasteiger partial charge in [0.2, 0.25) is 0 Å². The van der Waals surface area contributed by atoms with Crippen molar-refractivity contribution < 1.29 is 14.3 Å². The Hall–Kier alpha value is -3.50. The van der Waals surface area contributed by atoms with Gasteiger partial charge in [0.15, 0.2) is 17.4 Å². The molecular formula is C27H32N6O3S. The Bertz CT molecular complexity index is 1180. The number of amides is 2. The van der Waals surface area contributed by atoms with Crippen LogP contribution >= 0.6 is 11.8 Å². The normalized spacial score (nSPS) is 15.8. The molecule has 3 aromatic rings. The van der Waals surface area contributed by atoms with Crippen molar-refractivity contribution in [3.63, 3.8) is 0 Å². The minimum Gasteiger partial charge on any atom is -0.488 e. The molecule has 0 radical (unpaired) electrons. The monoisotopic (exact) mass is 520 g/mol. The predicted octanol–water partition coefficient (Wildman–Crippen LogP) is 4.58. The molecule has 2 aliphatic heterocycles. The number of ether oxygens (including phenoxy) is 2. The van der Waals surface area contributed by atoms with Crippen molar-refractivity contribution in [2.24, 2.45) is 0 Å². The number of anilines is 4. The molecule has 10 heteroatoms. The highest BCUT2D eigenvalue weighted by Gasteiger charge is 2.19. The summed E-state index contributed by atoms with van der Waals surface area (Å²) in [4.78, 5) is 26.4. The number of morpholine rings is 1. The van der Waals surface area contributed by atoms with Crippen LogP contribution in [0.3, 0.4) is 0 Å². The number of hydrogen-bond donors (Lipinski definition) is 2. The van der Waals surface area contributed by atoms with E-state index >= 15 is 0 Å². The number of carbonyl (C=O) groups is 1. The molecule has 0 atom stereocenters. The molecule has 2 aromatic carbocycles. The molecular weight excluding hydrogens is 488 g/mol. The van der Waals surface area contributed by atoms with Crippen LogP contribution in [0.15, 0.2) is 54.7 Å². The zero-order valence-corrected chi connectivity index (χ0v) is 21.8. The van der Waals surface area contributed by atoms with E-state index in [0.29, 0.717) is 37.1 Å². The van der Waals surface area contributed by atoms with E-state index in [-0.39, 0.29) is 6.03 Å². The van der Waals surface area contributed by atoms with E-state index < -0.39 is 0 Å². The second kappa shape index (κ2) is 12.2. The minimum atomic E-state index is -0.290. The fourth-order valence-electron chi connectivity index (χ4n) is 4.33. The molecule has 2 fully saturated rings. The zero-order chi connectivity index (χ0) is 25.5. The minimum absolute atomic E-state index is 0.290. The first-order valence-electron chi connectivity index (χ1n) is 12.6. The molecule has 0 saturated carbocycles. The number of benzene rings is 2. The number of hydrogen-bond acceptors (Lipinski definition) is 8. The Morgan fingerprint density at radius 2 is 1.59 bits per heavy atom. The summed E-state index contributed by atoms with van der Waals surface area (Å²) in [5, 5.41) is 5.79. The quantitative estimate of drug-likeness (QED) is 0.468. The zero-order valence-electron chi connectivity index (χ0n) is 21.0. The highest BCUT2D eigenvalue weighted by Crippen LogP contribution is 2.29. The van der Waals surface area contributed by atoms with Crippen LogP contribution in [0.2, 0.25) is 0 Å². The van der Waals surface area contributed by atoms with E-state index in [1.54, 1.807) is 6.20 Å². The highest BCUT2D eigenvalue weighted by atomic mass is 32.2. The number of nitrogens with zero attached hydrogens (tertiary/aromatic N) is 4. The van der Waals surface area contributed by atoms with Gasteiger partial charge in [-0.2, -0.15) is 11.8 Å². The largest absolute Gasteiger partial charge is 0.488 e. The van der Waals surface area contributed by atoms with Crippen LogP contribution < -0.4 is 25.2 Å². The van der Waals surface area contributed by atoms with Crippen LogP contribution in [0.1, 0.15) is 6.92 Å². The lowest BCUT2D eigenvalue weighted by molar-refractivity contribution is 0.122. The molecule has 0 aliphatic carbocycles. The van der Waals surface area contributed by atoms with Crippen molar-refractivity contribution in [1.29, 1.82) is 0 Å². The van der Waals surface area contributed by atoms with Crippen LogP contribution in [0.5, 0.6) is 5.75 Å². The second-order valence-electron chi connectivity index (χ2n) is 8.72. The van der Waals surface area contributed by atoms with Gasteiger partial charge in [-0.25, -0.2) is 14.8 Å². The third-order valence-electron chi connectivity index (χ3n) is 6.25. The highest BCUT2D eigenvalue weighted by molar-refractivity contribution is 7.99. The molecule has 9 nitrogen and oxygen atoms in total. The van der Waals surface area contributed by atoms with Crippen LogP contribution in [0, 0.1) is 0 Å². The van der Waals surface area contributed by atoms with E-state index in [2.05, 4.69) is 37.6 Å². The van der Waals surface area contributed by atoms with E-state index in [0.717, 1.165) is 54.8 Å². The summed E-state index contributed by atoms with van der Waals surface area (Å²) in [6.45, 7) is 7.45. The van der Waals surface area contributed by atoms with Crippen LogP contribution in [0.4, 0.5) is 27.7 Å². The number of aromatic nitrogens is 2. The van der Waals surface area contributed by atoms with Gasteiger partial charge >= 0.3 is 6.03 Å². The van der Waals surface area contributed by atoms with Crippen LogP contribution in [0.25, 0.3) is 11.4 Å². The summed E-state index contributed by atoms with van der Waals surface area (Å²) >= 11 is 1.99. The first-order chi connectivity index (χ1) is 18.2. The fourth-order valence-corrected chi connectivity index (χ4v) is 5.24. The van der Waals surface area contributed by atoms with Gasteiger partial charge < -0.3 is 29.9 Å². The SMILES string of the molecule is CCOc1cnc(-c2ccc(NC(=O)Nc3ccc(N4CCSCC4)cc3)cc2)nc1N1CCOCC1. The molecule has 5 rings (SSSR count). The Labute approximate surface area is 221 Å². The Morgan fingerprint density at radius 1 is 0.946 bits per heavy atom. The molecule has 0 spiro atoms. The van der Waals surface area contributed by atoms with Crippen molar-refractivity contribution in [2.45, 2.75) is 6.92 Å². The Morgan fingerprint density at radius 3 is 2.24 bits per heavy atom. The average molecular weight is 521 g/mol. The van der Waals surface area contributed by atoms with Gasteiger partial charge in [-0.15, -0.1) is 0 Å². The number of thioether (sulfide) groups is 1. The Balaban J connectivity index is 1.21. The molecule has 2 N–H and O–H groups in total. The van der Waals surface area contributed by atoms with Gasteiger partial charge in [0, 0.05) is 60.3 Å². The van der Waals surface area contributed by atoms with Crippen molar-refractivity contribution in [3.05, 3.63) is 54.7 Å². The average Bonchev–Trinajstić information content (AvgIpc) is 2.95. The van der Waals surface area contributed by atoms with Crippen molar-refractivity contribution >= 4 is 40.7 Å². The smallest absolute Gasteiger partial charge is 0.323 e. The summed E-state index contributed by atoms with van der Waals surface area (Å²) in [6, 6.07) is 15.2. The van der Waals surface area contributed by atoms with E-state index in [1.165, 1.54) is 5.69 Å². The van der Waals surface area contributed by atoms with E-state index in [9.17, 15) is 4.79 Å². The summed E-state index contributed by atoms with van der Waals surface area (Å²) < 4.78 is 11.2. The second-order valence-corrected chi connectivity index (χ2v) is 9.94. The van der Waals surface area contributed by atoms with Gasteiger partial charge in [0.25, 0.3) is 0 Å². The molecule has 2 aliphatic rings. The number of rotatable bonds is 7. The standard InChI is InChI=1S/C27H32N6O3S/c1-2-36-24-19-28-25(31-26(24)33-11-15-35-16-12-33)20-3-5-21(6-4-20)29-27(34)30-22-7-9-23(10-8-22)32-13-17-37-18-14-32/h3-10,19H,2,11-18H2,1H3,(H2,29,30,34). The van der Waals surface area contributed by atoms with Crippen LogP contribution in [-0.2, 0) is 4.74 Å². The van der Waals surface area contributed by atoms with Gasteiger partial charge in [-0.05, 0) is 55.5 Å². The molecule has 3 heterocycles. The van der Waals surface area contributed by atoms with Gasteiger partial charge in [-0.3, -0.25) is 0 Å². The first kappa shape index (κ1) is 25.2. The third kappa shape index (κ3) is 6.44. The lowest BCUT2D eigenvalue weighted by atomic mass is 10.2. The number of urea groups is 1. The topological polar surface area (TPSA) is 91.8 Å². The van der Waals surface area contributed by atoms with Gasteiger partial charge in [0.1, 0.15) is 0 Å². The number of nitrogens with one attached hydrogen (secondary N) is 2. The molecule has 2 amide bonds. The summed E-state index contributed by atoms with van der Waals surface area (Å²) in [6.07, 6.45) is 1.73. The molecule has 1 aromatic heterocycles. The molecule has 194 valence electrons. The summed E-state index contributed by atoms with van der Waals surface area (Å²) in [5.41, 5.74) is 3.48. The maximum absolute atomic E-state index is 12.6. The lowest BCUT2D eigenvalue weighted by Crippen LogP contribution is -2.37. The lowest BCUT2D eigenvalue weighted by Gasteiger charge is -2.29.